The maximum absolute atomic E-state index is 12.4. The molecule has 6 nitrogen and oxygen atoms in total. The van der Waals surface area contributed by atoms with E-state index in [0.717, 1.165) is 0 Å². The summed E-state index contributed by atoms with van der Waals surface area (Å²) < 4.78 is 65.7. The largest absolute Gasteiger partial charge is 0.481 e. The number of hydrogen-bond acceptors (Lipinski definition) is 4. The number of sulfonamides is 1. The highest BCUT2D eigenvalue weighted by Gasteiger charge is 2.36. The summed E-state index contributed by atoms with van der Waals surface area (Å²) in [5, 5.41) is 8.41. The Kier molecular flexibility index (Phi) is 8.06. The van der Waals surface area contributed by atoms with Crippen molar-refractivity contribution in [3.8, 4) is 0 Å². The lowest BCUT2D eigenvalue weighted by Crippen LogP contribution is -2.41. The van der Waals surface area contributed by atoms with Crippen molar-refractivity contribution < 1.29 is 36.2 Å². The van der Waals surface area contributed by atoms with E-state index in [1.807, 2.05) is 0 Å². The maximum atomic E-state index is 12.4. The first-order chi connectivity index (χ1) is 9.08. The van der Waals surface area contributed by atoms with Gasteiger partial charge < -0.3 is 9.84 Å². The number of carboxylic acids is 1. The standard InChI is InChI=1S/C10H18F3NO5S/c1-2-19-6-3-5-14(8-10(11,12)13)20(17,18)7-4-9(15)16/h2-8H2,1H3,(H,15,16). The third-order valence-electron chi connectivity index (χ3n) is 2.22. The molecule has 0 heterocycles. The molecule has 0 atom stereocenters. The molecule has 0 saturated heterocycles. The zero-order valence-electron chi connectivity index (χ0n) is 11.0. The predicted octanol–water partition coefficient (Wildman–Crippen LogP) is 1.08. The normalized spacial score (nSPS) is 12.8. The summed E-state index contributed by atoms with van der Waals surface area (Å²) in [6, 6.07) is 0. The molecule has 0 aromatic heterocycles. The molecule has 0 amide bonds. The highest BCUT2D eigenvalue weighted by molar-refractivity contribution is 7.89. The molecule has 0 aromatic carbocycles. The van der Waals surface area contributed by atoms with Gasteiger partial charge in [-0.25, -0.2) is 8.42 Å². The van der Waals surface area contributed by atoms with Gasteiger partial charge >= 0.3 is 12.1 Å². The molecule has 20 heavy (non-hydrogen) atoms. The Hall–Kier alpha value is -0.870. The molecule has 1 N–H and O–H groups in total. The second-order valence-electron chi connectivity index (χ2n) is 3.96. The minimum Gasteiger partial charge on any atom is -0.481 e. The summed E-state index contributed by atoms with van der Waals surface area (Å²) in [7, 11) is -4.26. The van der Waals surface area contributed by atoms with E-state index in [0.29, 0.717) is 6.61 Å². The molecule has 0 rings (SSSR count). The average Bonchev–Trinajstić information content (AvgIpc) is 2.29. The number of hydrogen-bond donors (Lipinski definition) is 1. The van der Waals surface area contributed by atoms with Crippen LogP contribution in [-0.4, -0.2) is 62.0 Å². The number of carbonyl (C=O) groups is 1. The summed E-state index contributed by atoms with van der Waals surface area (Å²) >= 11 is 0. The molecule has 0 aromatic rings. The molecule has 0 bridgehead atoms. The van der Waals surface area contributed by atoms with E-state index in [-0.39, 0.29) is 23.9 Å². The van der Waals surface area contributed by atoms with Crippen molar-refractivity contribution in [3.63, 3.8) is 0 Å². The number of rotatable bonds is 10. The van der Waals surface area contributed by atoms with Crippen molar-refractivity contribution in [1.29, 1.82) is 0 Å². The van der Waals surface area contributed by atoms with Gasteiger partial charge in [0.15, 0.2) is 0 Å². The van der Waals surface area contributed by atoms with Crippen LogP contribution in [0.1, 0.15) is 19.8 Å². The molecule has 0 radical (unpaired) electrons. The van der Waals surface area contributed by atoms with Gasteiger partial charge in [0.05, 0.1) is 12.2 Å². The average molecular weight is 321 g/mol. The number of halogens is 3. The smallest absolute Gasteiger partial charge is 0.402 e. The monoisotopic (exact) mass is 321 g/mol. The highest BCUT2D eigenvalue weighted by atomic mass is 32.2. The van der Waals surface area contributed by atoms with Crippen LogP contribution in [0.15, 0.2) is 0 Å². The van der Waals surface area contributed by atoms with Gasteiger partial charge in [-0.05, 0) is 13.3 Å². The van der Waals surface area contributed by atoms with Crippen molar-refractivity contribution in [1.82, 2.24) is 4.31 Å². The van der Waals surface area contributed by atoms with Gasteiger partial charge in [-0.3, -0.25) is 4.79 Å². The Morgan fingerprint density at radius 2 is 1.95 bits per heavy atom. The van der Waals surface area contributed by atoms with E-state index < -0.39 is 40.9 Å². The van der Waals surface area contributed by atoms with Crippen LogP contribution in [0.2, 0.25) is 0 Å². The zero-order valence-corrected chi connectivity index (χ0v) is 11.8. The second-order valence-corrected chi connectivity index (χ2v) is 6.05. The molecular formula is C10H18F3NO5S. The van der Waals surface area contributed by atoms with E-state index in [9.17, 15) is 26.4 Å². The summed E-state index contributed by atoms with van der Waals surface area (Å²) in [5.41, 5.74) is 0. The Morgan fingerprint density at radius 1 is 1.35 bits per heavy atom. The Bertz CT molecular complexity index is 396. The van der Waals surface area contributed by atoms with Gasteiger partial charge in [0.25, 0.3) is 0 Å². The lowest BCUT2D eigenvalue weighted by Gasteiger charge is -2.23. The number of nitrogens with zero attached hydrogens (tertiary/aromatic N) is 1. The van der Waals surface area contributed by atoms with Crippen LogP contribution >= 0.6 is 0 Å². The van der Waals surface area contributed by atoms with Gasteiger partial charge in [0, 0.05) is 19.8 Å². The summed E-state index contributed by atoms with van der Waals surface area (Å²) in [6.45, 7) is 0.240. The van der Waals surface area contributed by atoms with Crippen molar-refractivity contribution in [3.05, 3.63) is 0 Å². The van der Waals surface area contributed by atoms with Crippen LogP contribution < -0.4 is 0 Å². The number of aliphatic carboxylic acids is 1. The van der Waals surface area contributed by atoms with Crippen LogP contribution in [-0.2, 0) is 19.6 Å². The third kappa shape index (κ3) is 9.10. The quantitative estimate of drug-likeness (QED) is 0.609. The molecule has 0 aliphatic carbocycles. The number of alkyl halides is 3. The van der Waals surface area contributed by atoms with Crippen LogP contribution in [0.4, 0.5) is 13.2 Å². The number of carboxylic acid groups (broad SMARTS) is 1. The molecule has 0 unspecified atom stereocenters. The highest BCUT2D eigenvalue weighted by Crippen LogP contribution is 2.19. The molecule has 0 spiro atoms. The molecule has 0 fully saturated rings. The van der Waals surface area contributed by atoms with E-state index in [2.05, 4.69) is 0 Å². The third-order valence-corrected chi connectivity index (χ3v) is 4.04. The minimum atomic E-state index is -4.68. The summed E-state index contributed by atoms with van der Waals surface area (Å²) in [6.07, 6.45) is -5.31. The molecule has 10 heteroatoms. The van der Waals surface area contributed by atoms with E-state index >= 15 is 0 Å². The predicted molar refractivity (Wildman–Crippen MR) is 64.8 cm³/mol. The fourth-order valence-electron chi connectivity index (χ4n) is 1.35. The van der Waals surface area contributed by atoms with Crippen molar-refractivity contribution in [2.75, 3.05) is 32.1 Å². The van der Waals surface area contributed by atoms with Gasteiger partial charge in [-0.2, -0.15) is 17.5 Å². The fourth-order valence-corrected chi connectivity index (χ4v) is 2.79. The Balaban J connectivity index is 4.68. The van der Waals surface area contributed by atoms with Crippen molar-refractivity contribution in [2.45, 2.75) is 25.9 Å². The molecular weight excluding hydrogens is 303 g/mol. The summed E-state index contributed by atoms with van der Waals surface area (Å²) in [5.74, 6) is -2.23. The van der Waals surface area contributed by atoms with Gasteiger partial charge in [0.1, 0.15) is 6.54 Å². The lowest BCUT2D eigenvalue weighted by molar-refractivity contribution is -0.136. The fraction of sp³-hybridized carbons (Fsp3) is 0.900. The first kappa shape index (κ1) is 19.1. The van der Waals surface area contributed by atoms with Gasteiger partial charge in [-0.15, -0.1) is 0 Å². The van der Waals surface area contributed by atoms with Crippen molar-refractivity contribution in [2.24, 2.45) is 0 Å². The Labute approximate surface area is 115 Å². The topological polar surface area (TPSA) is 83.9 Å². The first-order valence-electron chi connectivity index (χ1n) is 5.92. The minimum absolute atomic E-state index is 0.107. The molecule has 0 aliphatic heterocycles. The molecule has 120 valence electrons. The SMILES string of the molecule is CCOCCCN(CC(F)(F)F)S(=O)(=O)CCC(=O)O. The van der Waals surface area contributed by atoms with Crippen LogP contribution in [0, 0.1) is 0 Å². The maximum Gasteiger partial charge on any atom is 0.402 e. The number of ether oxygens (including phenoxy) is 1. The zero-order chi connectivity index (χ0) is 15.8. The van der Waals surface area contributed by atoms with Crippen LogP contribution in [0.5, 0.6) is 0 Å². The van der Waals surface area contributed by atoms with E-state index in [4.69, 9.17) is 9.84 Å². The second kappa shape index (κ2) is 8.42. The Morgan fingerprint density at radius 3 is 2.40 bits per heavy atom. The van der Waals surface area contributed by atoms with Crippen LogP contribution in [0.3, 0.4) is 0 Å². The van der Waals surface area contributed by atoms with Crippen molar-refractivity contribution >= 4 is 16.0 Å². The lowest BCUT2D eigenvalue weighted by atomic mass is 10.4. The molecule has 0 saturated carbocycles. The van der Waals surface area contributed by atoms with E-state index in [1.54, 1.807) is 6.92 Å². The van der Waals surface area contributed by atoms with Crippen LogP contribution in [0.25, 0.3) is 0 Å². The summed E-state index contributed by atoms with van der Waals surface area (Å²) in [4.78, 5) is 10.3. The molecule has 0 aliphatic rings. The first-order valence-corrected chi connectivity index (χ1v) is 7.53. The van der Waals surface area contributed by atoms with E-state index in [1.165, 1.54) is 0 Å². The van der Waals surface area contributed by atoms with Gasteiger partial charge in [-0.1, -0.05) is 0 Å². The van der Waals surface area contributed by atoms with Gasteiger partial charge in [0.2, 0.25) is 10.0 Å².